The Hall–Kier alpha value is -1.55. The first-order chi connectivity index (χ1) is 9.22. The molecule has 3 nitrogen and oxygen atoms in total. The fourth-order valence-electron chi connectivity index (χ4n) is 1.90. The van der Waals surface area contributed by atoms with Crippen molar-refractivity contribution in [3.05, 3.63) is 46.4 Å². The van der Waals surface area contributed by atoms with E-state index in [1.54, 1.807) is 0 Å². The average Bonchev–Trinajstić information content (AvgIpc) is 2.41. The van der Waals surface area contributed by atoms with Crippen molar-refractivity contribution in [2.45, 2.75) is 20.3 Å². The van der Waals surface area contributed by atoms with Gasteiger partial charge >= 0.3 is 0 Å². The molecule has 0 unspecified atom stereocenters. The number of hydrogen-bond donors (Lipinski definition) is 2. The first-order valence-corrected chi connectivity index (χ1v) is 7.28. The van der Waals surface area contributed by atoms with Gasteiger partial charge in [-0.2, -0.15) is 0 Å². The third-order valence-corrected chi connectivity index (χ3v) is 3.31. The summed E-state index contributed by atoms with van der Waals surface area (Å²) >= 11 is 3.50. The monoisotopic (exact) mass is 319 g/mol. The Bertz CT molecular complexity index is 555. The number of rotatable bonds is 5. The number of nitrogens with one attached hydrogen (secondary N) is 2. The molecule has 0 aliphatic carbocycles. The Labute approximate surface area is 122 Å². The molecular weight excluding hydrogens is 302 g/mol. The van der Waals surface area contributed by atoms with E-state index in [0.29, 0.717) is 0 Å². The maximum atomic E-state index is 4.52. The van der Waals surface area contributed by atoms with Crippen LogP contribution in [0.2, 0.25) is 0 Å². The van der Waals surface area contributed by atoms with Crippen LogP contribution in [0, 0.1) is 0 Å². The van der Waals surface area contributed by atoms with Gasteiger partial charge in [0, 0.05) is 16.7 Å². The molecule has 0 atom stereocenters. The number of nitrogens with zero attached hydrogens (tertiary/aromatic N) is 1. The van der Waals surface area contributed by atoms with E-state index >= 15 is 0 Å². The lowest BCUT2D eigenvalue weighted by Crippen LogP contribution is -2.02. The zero-order chi connectivity index (χ0) is 13.7. The fraction of sp³-hybridized carbons (Fsp3) is 0.267. The molecule has 1 aromatic carbocycles. The lowest BCUT2D eigenvalue weighted by molar-refractivity contribution is 1.13. The SMILES string of the molecule is CCNc1cccc(Nc2ccc(Br)cc2CC)n1. The van der Waals surface area contributed by atoms with Crippen molar-refractivity contribution < 1.29 is 0 Å². The van der Waals surface area contributed by atoms with Crippen LogP contribution < -0.4 is 10.6 Å². The van der Waals surface area contributed by atoms with Crippen molar-refractivity contribution >= 4 is 33.3 Å². The third-order valence-electron chi connectivity index (χ3n) is 2.82. The van der Waals surface area contributed by atoms with Gasteiger partial charge in [-0.1, -0.05) is 28.9 Å². The van der Waals surface area contributed by atoms with Gasteiger partial charge in [-0.3, -0.25) is 0 Å². The molecule has 0 saturated heterocycles. The maximum Gasteiger partial charge on any atom is 0.132 e. The number of aryl methyl sites for hydroxylation is 1. The van der Waals surface area contributed by atoms with Crippen LogP contribution >= 0.6 is 15.9 Å². The molecule has 1 heterocycles. The van der Waals surface area contributed by atoms with Gasteiger partial charge in [-0.25, -0.2) is 4.98 Å². The van der Waals surface area contributed by atoms with E-state index in [4.69, 9.17) is 0 Å². The van der Waals surface area contributed by atoms with E-state index in [0.717, 1.165) is 34.8 Å². The van der Waals surface area contributed by atoms with E-state index in [-0.39, 0.29) is 0 Å². The minimum Gasteiger partial charge on any atom is -0.370 e. The van der Waals surface area contributed by atoms with Crippen molar-refractivity contribution in [2.24, 2.45) is 0 Å². The molecule has 0 aliphatic rings. The van der Waals surface area contributed by atoms with E-state index in [1.165, 1.54) is 5.56 Å². The summed E-state index contributed by atoms with van der Waals surface area (Å²) in [4.78, 5) is 4.52. The minimum absolute atomic E-state index is 0.857. The van der Waals surface area contributed by atoms with Crippen LogP contribution in [0.5, 0.6) is 0 Å². The molecule has 0 fully saturated rings. The highest BCUT2D eigenvalue weighted by Crippen LogP contribution is 2.24. The molecule has 0 spiro atoms. The Morgan fingerprint density at radius 2 is 1.89 bits per heavy atom. The second-order valence-electron chi connectivity index (χ2n) is 4.22. The molecule has 4 heteroatoms. The van der Waals surface area contributed by atoms with Crippen LogP contribution in [0.25, 0.3) is 0 Å². The lowest BCUT2D eigenvalue weighted by atomic mass is 10.1. The maximum absolute atomic E-state index is 4.52. The lowest BCUT2D eigenvalue weighted by Gasteiger charge is -2.12. The Balaban J connectivity index is 2.23. The number of anilines is 3. The van der Waals surface area contributed by atoms with Crippen LogP contribution in [-0.2, 0) is 6.42 Å². The molecule has 2 N–H and O–H groups in total. The zero-order valence-corrected chi connectivity index (χ0v) is 12.8. The molecule has 19 heavy (non-hydrogen) atoms. The number of halogens is 1. The van der Waals surface area contributed by atoms with Gasteiger partial charge in [0.05, 0.1) is 0 Å². The number of pyridine rings is 1. The molecule has 0 saturated carbocycles. The van der Waals surface area contributed by atoms with Gasteiger partial charge in [0.2, 0.25) is 0 Å². The van der Waals surface area contributed by atoms with Crippen LogP contribution in [0.15, 0.2) is 40.9 Å². The van der Waals surface area contributed by atoms with Gasteiger partial charge in [-0.05, 0) is 49.2 Å². The van der Waals surface area contributed by atoms with E-state index in [1.807, 2.05) is 24.3 Å². The summed E-state index contributed by atoms with van der Waals surface area (Å²) < 4.78 is 1.10. The summed E-state index contributed by atoms with van der Waals surface area (Å²) in [5.41, 5.74) is 2.37. The molecule has 0 radical (unpaired) electrons. The summed E-state index contributed by atoms with van der Waals surface area (Å²) in [6.45, 7) is 5.08. The van der Waals surface area contributed by atoms with Gasteiger partial charge in [0.25, 0.3) is 0 Å². The summed E-state index contributed by atoms with van der Waals surface area (Å²) in [5.74, 6) is 1.75. The van der Waals surface area contributed by atoms with Gasteiger partial charge in [-0.15, -0.1) is 0 Å². The van der Waals surface area contributed by atoms with Crippen molar-refractivity contribution in [3.63, 3.8) is 0 Å². The van der Waals surface area contributed by atoms with E-state index < -0.39 is 0 Å². The van der Waals surface area contributed by atoms with Crippen molar-refractivity contribution in [1.82, 2.24) is 4.98 Å². The highest BCUT2D eigenvalue weighted by atomic mass is 79.9. The number of benzene rings is 1. The van der Waals surface area contributed by atoms with E-state index in [9.17, 15) is 0 Å². The number of aromatic nitrogens is 1. The quantitative estimate of drug-likeness (QED) is 0.846. The molecule has 1 aromatic heterocycles. The largest absolute Gasteiger partial charge is 0.370 e. The predicted octanol–water partition coefficient (Wildman–Crippen LogP) is 4.58. The highest BCUT2D eigenvalue weighted by molar-refractivity contribution is 9.10. The first-order valence-electron chi connectivity index (χ1n) is 6.49. The summed E-state index contributed by atoms with van der Waals surface area (Å²) in [6.07, 6.45) is 0.981. The minimum atomic E-state index is 0.857. The Kier molecular flexibility index (Phi) is 4.80. The summed E-state index contributed by atoms with van der Waals surface area (Å²) in [5, 5.41) is 6.59. The molecular formula is C15H18BrN3. The molecule has 2 aromatic rings. The smallest absolute Gasteiger partial charge is 0.132 e. The second kappa shape index (κ2) is 6.57. The van der Waals surface area contributed by atoms with Gasteiger partial charge in [0.15, 0.2) is 0 Å². The van der Waals surface area contributed by atoms with Crippen molar-refractivity contribution in [3.8, 4) is 0 Å². The molecule has 0 amide bonds. The van der Waals surface area contributed by atoms with E-state index in [2.05, 4.69) is 57.5 Å². The van der Waals surface area contributed by atoms with Crippen LogP contribution in [0.3, 0.4) is 0 Å². The fourth-order valence-corrected chi connectivity index (χ4v) is 2.31. The molecule has 0 bridgehead atoms. The average molecular weight is 320 g/mol. The summed E-state index contributed by atoms with van der Waals surface area (Å²) in [6, 6.07) is 12.2. The van der Waals surface area contributed by atoms with Crippen molar-refractivity contribution in [2.75, 3.05) is 17.2 Å². The highest BCUT2D eigenvalue weighted by Gasteiger charge is 2.03. The van der Waals surface area contributed by atoms with Crippen LogP contribution in [0.1, 0.15) is 19.4 Å². The third kappa shape index (κ3) is 3.70. The summed E-state index contributed by atoms with van der Waals surface area (Å²) in [7, 11) is 0. The van der Waals surface area contributed by atoms with Gasteiger partial charge in [0.1, 0.15) is 11.6 Å². The molecule has 2 rings (SSSR count). The zero-order valence-electron chi connectivity index (χ0n) is 11.2. The van der Waals surface area contributed by atoms with Crippen molar-refractivity contribution in [1.29, 1.82) is 0 Å². The normalized spacial score (nSPS) is 10.3. The Morgan fingerprint density at radius 1 is 1.11 bits per heavy atom. The Morgan fingerprint density at radius 3 is 2.63 bits per heavy atom. The predicted molar refractivity (Wildman–Crippen MR) is 85.2 cm³/mol. The van der Waals surface area contributed by atoms with Gasteiger partial charge < -0.3 is 10.6 Å². The second-order valence-corrected chi connectivity index (χ2v) is 5.13. The number of hydrogen-bond acceptors (Lipinski definition) is 3. The topological polar surface area (TPSA) is 37.0 Å². The standard InChI is InChI=1S/C15H18BrN3/c1-3-11-10-12(16)8-9-13(11)18-15-7-5-6-14(19-15)17-4-2/h5-10H,3-4H2,1-2H3,(H2,17,18,19). The first kappa shape index (κ1) is 13.9. The van der Waals surface area contributed by atoms with Crippen LogP contribution in [-0.4, -0.2) is 11.5 Å². The molecule has 100 valence electrons. The van der Waals surface area contributed by atoms with Crippen LogP contribution in [0.4, 0.5) is 17.3 Å². The molecule has 0 aliphatic heterocycles.